The number of amides is 2. The second-order valence-electron chi connectivity index (χ2n) is 8.05. The van der Waals surface area contributed by atoms with E-state index in [0.29, 0.717) is 25.1 Å². The molecule has 8 heteroatoms. The summed E-state index contributed by atoms with van der Waals surface area (Å²) in [5.74, 6) is -1.78. The summed E-state index contributed by atoms with van der Waals surface area (Å²) in [5, 5.41) is 5.47. The van der Waals surface area contributed by atoms with Crippen LogP contribution in [0.5, 0.6) is 0 Å². The van der Waals surface area contributed by atoms with Crippen LogP contribution in [0.15, 0.2) is 18.2 Å². The van der Waals surface area contributed by atoms with Crippen LogP contribution in [-0.2, 0) is 4.74 Å². The van der Waals surface area contributed by atoms with E-state index in [1.807, 2.05) is 20.8 Å². The first-order chi connectivity index (χ1) is 13.1. The zero-order valence-corrected chi connectivity index (χ0v) is 16.7. The monoisotopic (exact) mass is 397 g/mol. The highest BCUT2D eigenvalue weighted by atomic mass is 19.1. The van der Waals surface area contributed by atoms with Crippen molar-refractivity contribution in [3.8, 4) is 0 Å². The Bertz CT molecular complexity index is 684. The third-order valence-corrected chi connectivity index (χ3v) is 4.53. The van der Waals surface area contributed by atoms with Crippen molar-refractivity contribution in [2.75, 3.05) is 32.7 Å². The molecule has 2 rings (SSSR count). The molecule has 6 nitrogen and oxygen atoms in total. The fourth-order valence-electron chi connectivity index (χ4n) is 3.05. The summed E-state index contributed by atoms with van der Waals surface area (Å²) < 4.78 is 31.8. The SMILES string of the molecule is CC(C)(C)OC(=O)NCCN1CCC(CNC(=O)c2ccc(F)cc2F)CC1. The molecular weight excluding hydrogens is 368 g/mol. The van der Waals surface area contributed by atoms with E-state index in [0.717, 1.165) is 44.6 Å². The molecule has 0 unspecified atom stereocenters. The van der Waals surface area contributed by atoms with Crippen LogP contribution >= 0.6 is 0 Å². The molecule has 156 valence electrons. The zero-order chi connectivity index (χ0) is 20.7. The maximum atomic E-state index is 13.6. The predicted molar refractivity (Wildman–Crippen MR) is 102 cm³/mol. The average Bonchev–Trinajstić information content (AvgIpc) is 2.59. The van der Waals surface area contributed by atoms with Crippen LogP contribution in [0.25, 0.3) is 0 Å². The number of alkyl carbamates (subject to hydrolysis) is 1. The zero-order valence-electron chi connectivity index (χ0n) is 16.7. The lowest BCUT2D eigenvalue weighted by atomic mass is 9.96. The quantitative estimate of drug-likeness (QED) is 0.774. The topological polar surface area (TPSA) is 70.7 Å². The first-order valence-corrected chi connectivity index (χ1v) is 9.56. The van der Waals surface area contributed by atoms with Gasteiger partial charge in [0.25, 0.3) is 5.91 Å². The van der Waals surface area contributed by atoms with Crippen LogP contribution in [0.3, 0.4) is 0 Å². The molecule has 1 aromatic carbocycles. The third kappa shape index (κ3) is 7.42. The number of likely N-dealkylation sites (tertiary alicyclic amines) is 1. The molecule has 1 aliphatic rings. The number of ether oxygens (including phenoxy) is 1. The minimum Gasteiger partial charge on any atom is -0.444 e. The number of nitrogens with one attached hydrogen (secondary N) is 2. The van der Waals surface area contributed by atoms with Gasteiger partial charge in [-0.3, -0.25) is 4.79 Å². The lowest BCUT2D eigenvalue weighted by Crippen LogP contribution is -2.42. The molecule has 1 fully saturated rings. The summed E-state index contributed by atoms with van der Waals surface area (Å²) in [4.78, 5) is 25.9. The fourth-order valence-corrected chi connectivity index (χ4v) is 3.05. The second-order valence-corrected chi connectivity index (χ2v) is 8.05. The van der Waals surface area contributed by atoms with E-state index in [4.69, 9.17) is 4.74 Å². The van der Waals surface area contributed by atoms with Crippen LogP contribution in [-0.4, -0.2) is 55.2 Å². The van der Waals surface area contributed by atoms with Crippen molar-refractivity contribution in [2.45, 2.75) is 39.2 Å². The van der Waals surface area contributed by atoms with E-state index in [1.54, 1.807) is 0 Å². The summed E-state index contributed by atoms with van der Waals surface area (Å²) in [7, 11) is 0. The van der Waals surface area contributed by atoms with Gasteiger partial charge in [-0.1, -0.05) is 0 Å². The molecule has 0 aromatic heterocycles. The Morgan fingerprint density at radius 1 is 1.18 bits per heavy atom. The number of hydrogen-bond acceptors (Lipinski definition) is 4. The van der Waals surface area contributed by atoms with E-state index in [1.165, 1.54) is 0 Å². The molecule has 0 saturated carbocycles. The number of carbonyl (C=O) groups excluding carboxylic acids is 2. The number of halogens is 2. The van der Waals surface area contributed by atoms with Crippen molar-refractivity contribution in [1.82, 2.24) is 15.5 Å². The van der Waals surface area contributed by atoms with Gasteiger partial charge in [0.15, 0.2) is 0 Å². The summed E-state index contributed by atoms with van der Waals surface area (Å²) in [6, 6.07) is 2.93. The van der Waals surface area contributed by atoms with E-state index < -0.39 is 29.2 Å². The number of carbonyl (C=O) groups is 2. The molecule has 1 saturated heterocycles. The second kappa shape index (κ2) is 9.82. The summed E-state index contributed by atoms with van der Waals surface area (Å²) in [6.45, 7) is 8.89. The molecule has 0 atom stereocenters. The molecule has 1 aliphatic heterocycles. The molecule has 28 heavy (non-hydrogen) atoms. The minimum atomic E-state index is -0.857. The summed E-state index contributed by atoms with van der Waals surface area (Å²) in [6.07, 6.45) is 1.38. The molecule has 0 radical (unpaired) electrons. The van der Waals surface area contributed by atoms with E-state index in [-0.39, 0.29) is 5.56 Å². The Kier molecular flexibility index (Phi) is 7.74. The van der Waals surface area contributed by atoms with Gasteiger partial charge in [-0.15, -0.1) is 0 Å². The van der Waals surface area contributed by atoms with Gasteiger partial charge < -0.3 is 20.3 Å². The van der Waals surface area contributed by atoms with Gasteiger partial charge in [0.1, 0.15) is 17.2 Å². The average molecular weight is 397 g/mol. The first kappa shape index (κ1) is 22.1. The van der Waals surface area contributed by atoms with Crippen molar-refractivity contribution in [3.63, 3.8) is 0 Å². The molecule has 2 amide bonds. The van der Waals surface area contributed by atoms with E-state index in [9.17, 15) is 18.4 Å². The highest BCUT2D eigenvalue weighted by molar-refractivity contribution is 5.94. The Hall–Kier alpha value is -2.22. The maximum absolute atomic E-state index is 13.6. The Morgan fingerprint density at radius 3 is 2.46 bits per heavy atom. The van der Waals surface area contributed by atoms with Crippen LogP contribution in [0.1, 0.15) is 44.0 Å². The van der Waals surface area contributed by atoms with Crippen LogP contribution in [0.2, 0.25) is 0 Å². The predicted octanol–water partition coefficient (Wildman–Crippen LogP) is 2.93. The number of benzene rings is 1. The third-order valence-electron chi connectivity index (χ3n) is 4.53. The van der Waals surface area contributed by atoms with Crippen molar-refractivity contribution in [3.05, 3.63) is 35.4 Å². The van der Waals surface area contributed by atoms with Gasteiger partial charge in [0.2, 0.25) is 0 Å². The summed E-state index contributed by atoms with van der Waals surface area (Å²) in [5.41, 5.74) is -0.656. The van der Waals surface area contributed by atoms with Gasteiger partial charge in [0.05, 0.1) is 5.56 Å². The highest BCUT2D eigenvalue weighted by Gasteiger charge is 2.21. The van der Waals surface area contributed by atoms with Gasteiger partial charge in [-0.05, 0) is 64.8 Å². The molecule has 1 aromatic rings. The number of rotatable bonds is 6. The van der Waals surface area contributed by atoms with E-state index >= 15 is 0 Å². The van der Waals surface area contributed by atoms with Crippen LogP contribution in [0, 0.1) is 17.6 Å². The Balaban J connectivity index is 1.64. The van der Waals surface area contributed by atoms with Gasteiger partial charge >= 0.3 is 6.09 Å². The van der Waals surface area contributed by atoms with Crippen LogP contribution in [0.4, 0.5) is 13.6 Å². The van der Waals surface area contributed by atoms with Gasteiger partial charge in [-0.25, -0.2) is 13.6 Å². The molecule has 2 N–H and O–H groups in total. The molecule has 0 spiro atoms. The molecule has 0 bridgehead atoms. The van der Waals surface area contributed by atoms with Crippen molar-refractivity contribution in [1.29, 1.82) is 0 Å². The minimum absolute atomic E-state index is 0.146. The van der Waals surface area contributed by atoms with Gasteiger partial charge in [-0.2, -0.15) is 0 Å². The van der Waals surface area contributed by atoms with Crippen molar-refractivity contribution < 1.29 is 23.1 Å². The van der Waals surface area contributed by atoms with Crippen molar-refractivity contribution >= 4 is 12.0 Å². The smallest absolute Gasteiger partial charge is 0.407 e. The highest BCUT2D eigenvalue weighted by Crippen LogP contribution is 2.16. The Morgan fingerprint density at radius 2 is 1.86 bits per heavy atom. The first-order valence-electron chi connectivity index (χ1n) is 9.56. The summed E-state index contributed by atoms with van der Waals surface area (Å²) >= 11 is 0. The van der Waals surface area contributed by atoms with E-state index in [2.05, 4.69) is 15.5 Å². The number of piperidine rings is 1. The standard InChI is InChI=1S/C20H29F2N3O3/c1-20(2,3)28-19(27)23-8-11-25-9-6-14(7-10-25)13-24-18(26)16-5-4-15(21)12-17(16)22/h4-5,12,14H,6-11,13H2,1-3H3,(H,23,27)(H,24,26). The fraction of sp³-hybridized carbons (Fsp3) is 0.600. The lowest BCUT2D eigenvalue weighted by Gasteiger charge is -2.32. The molecule has 0 aliphatic carbocycles. The van der Waals surface area contributed by atoms with Gasteiger partial charge in [0, 0.05) is 25.7 Å². The lowest BCUT2D eigenvalue weighted by molar-refractivity contribution is 0.0519. The van der Waals surface area contributed by atoms with Crippen LogP contribution < -0.4 is 10.6 Å². The number of nitrogens with zero attached hydrogens (tertiary/aromatic N) is 1. The number of hydrogen-bond donors (Lipinski definition) is 2. The largest absolute Gasteiger partial charge is 0.444 e. The normalized spacial score (nSPS) is 15.9. The van der Waals surface area contributed by atoms with Crippen molar-refractivity contribution in [2.24, 2.45) is 5.92 Å². The molecule has 1 heterocycles. The Labute approximate surface area is 164 Å². The molecular formula is C20H29F2N3O3. The maximum Gasteiger partial charge on any atom is 0.407 e.